The van der Waals surface area contributed by atoms with Gasteiger partial charge in [0, 0.05) is 10.6 Å². The van der Waals surface area contributed by atoms with E-state index in [9.17, 15) is 4.39 Å². The van der Waals surface area contributed by atoms with Gasteiger partial charge in [-0.2, -0.15) is 10.1 Å². The van der Waals surface area contributed by atoms with Gasteiger partial charge in [-0.15, -0.1) is 11.3 Å². The molecule has 3 aromatic rings. The molecule has 2 aromatic heterocycles. The standard InChI is InChI=1S/C15H9BrClFN4S/c16-13-5-4-12(23-13)10-6-11(22-15(21-10)19-7-20-22)14-8(17)2-1-3-9(14)18/h1-7,11H,(H,19,20,21)/t11-/m0/s1. The van der Waals surface area contributed by atoms with Crippen LogP contribution in [0.2, 0.25) is 5.02 Å². The van der Waals surface area contributed by atoms with Gasteiger partial charge in [0.25, 0.3) is 0 Å². The fourth-order valence-corrected chi connectivity index (χ4v) is 4.18. The van der Waals surface area contributed by atoms with Gasteiger partial charge >= 0.3 is 0 Å². The van der Waals surface area contributed by atoms with Crippen molar-refractivity contribution in [2.45, 2.75) is 6.04 Å². The summed E-state index contributed by atoms with van der Waals surface area (Å²) in [7, 11) is 0. The number of nitrogens with one attached hydrogen (secondary N) is 1. The minimum Gasteiger partial charge on any atom is -0.323 e. The van der Waals surface area contributed by atoms with Gasteiger partial charge in [-0.1, -0.05) is 17.7 Å². The Kier molecular flexibility index (Phi) is 3.71. The quantitative estimate of drug-likeness (QED) is 0.649. The zero-order valence-corrected chi connectivity index (χ0v) is 14.7. The van der Waals surface area contributed by atoms with Crippen molar-refractivity contribution in [3.05, 3.63) is 67.8 Å². The first-order valence-corrected chi connectivity index (χ1v) is 8.70. The molecule has 0 bridgehead atoms. The van der Waals surface area contributed by atoms with Gasteiger partial charge < -0.3 is 5.32 Å². The van der Waals surface area contributed by atoms with Crippen LogP contribution in [0.25, 0.3) is 5.70 Å². The second-order valence-electron chi connectivity index (χ2n) is 4.92. The van der Waals surface area contributed by atoms with E-state index >= 15 is 0 Å². The van der Waals surface area contributed by atoms with Crippen molar-refractivity contribution in [2.24, 2.45) is 0 Å². The highest BCUT2D eigenvalue weighted by atomic mass is 79.9. The Bertz CT molecular complexity index is 900. The van der Waals surface area contributed by atoms with Crippen molar-refractivity contribution in [1.82, 2.24) is 14.8 Å². The predicted octanol–water partition coefficient (Wildman–Crippen LogP) is 4.95. The van der Waals surface area contributed by atoms with Gasteiger partial charge in [0.05, 0.1) is 14.4 Å². The molecule has 0 radical (unpaired) electrons. The molecule has 1 aromatic carbocycles. The molecule has 0 amide bonds. The summed E-state index contributed by atoms with van der Waals surface area (Å²) in [5.41, 5.74) is 1.24. The summed E-state index contributed by atoms with van der Waals surface area (Å²) in [6.07, 6.45) is 3.34. The van der Waals surface area contributed by atoms with Crippen molar-refractivity contribution < 1.29 is 4.39 Å². The van der Waals surface area contributed by atoms with Crippen LogP contribution in [0.5, 0.6) is 0 Å². The van der Waals surface area contributed by atoms with E-state index in [1.54, 1.807) is 28.2 Å². The normalized spacial score (nSPS) is 16.7. The average Bonchev–Trinajstić information content (AvgIpc) is 3.15. The molecule has 0 aliphatic carbocycles. The lowest BCUT2D eigenvalue weighted by Gasteiger charge is -2.24. The number of allylic oxidation sites excluding steroid dienone is 1. The molecule has 1 aliphatic rings. The minimum atomic E-state index is -0.460. The van der Waals surface area contributed by atoms with E-state index in [0.29, 0.717) is 16.5 Å². The molecule has 0 saturated heterocycles. The Morgan fingerprint density at radius 3 is 2.91 bits per heavy atom. The first-order valence-electron chi connectivity index (χ1n) is 6.71. The second kappa shape index (κ2) is 5.74. The lowest BCUT2D eigenvalue weighted by Crippen LogP contribution is -2.21. The Morgan fingerprint density at radius 1 is 1.30 bits per heavy atom. The largest absolute Gasteiger partial charge is 0.323 e. The number of hydrogen-bond donors (Lipinski definition) is 1. The maximum atomic E-state index is 14.4. The molecule has 1 atom stereocenters. The monoisotopic (exact) mass is 410 g/mol. The van der Waals surface area contributed by atoms with E-state index in [1.807, 2.05) is 18.2 Å². The van der Waals surface area contributed by atoms with Crippen molar-refractivity contribution in [1.29, 1.82) is 0 Å². The fourth-order valence-electron chi connectivity index (χ4n) is 2.54. The van der Waals surface area contributed by atoms with Crippen molar-refractivity contribution >= 4 is 50.5 Å². The molecule has 0 spiro atoms. The summed E-state index contributed by atoms with van der Waals surface area (Å²) in [5.74, 6) is 0.185. The number of rotatable bonds is 2. The van der Waals surface area contributed by atoms with Crippen LogP contribution in [-0.2, 0) is 0 Å². The summed E-state index contributed by atoms with van der Waals surface area (Å²) in [5, 5.41) is 7.78. The van der Waals surface area contributed by atoms with E-state index in [0.717, 1.165) is 14.4 Å². The molecule has 0 fully saturated rings. The highest BCUT2D eigenvalue weighted by molar-refractivity contribution is 9.11. The highest BCUT2D eigenvalue weighted by Crippen LogP contribution is 2.38. The minimum absolute atomic E-state index is 0.362. The summed E-state index contributed by atoms with van der Waals surface area (Å²) < 4.78 is 17.0. The highest BCUT2D eigenvalue weighted by Gasteiger charge is 2.27. The number of hydrogen-bond acceptors (Lipinski definition) is 4. The maximum absolute atomic E-state index is 14.4. The maximum Gasteiger partial charge on any atom is 0.226 e. The van der Waals surface area contributed by atoms with Crippen molar-refractivity contribution in [3.63, 3.8) is 0 Å². The molecule has 0 unspecified atom stereocenters. The molecule has 4 nitrogen and oxygen atoms in total. The van der Waals surface area contributed by atoms with Crippen LogP contribution < -0.4 is 5.32 Å². The molecule has 4 rings (SSSR count). The number of nitrogens with zero attached hydrogens (tertiary/aromatic N) is 3. The smallest absolute Gasteiger partial charge is 0.226 e. The molecule has 0 saturated carbocycles. The number of aromatic nitrogens is 3. The first kappa shape index (κ1) is 14.9. The summed E-state index contributed by atoms with van der Waals surface area (Å²) >= 11 is 11.3. The molecule has 1 N–H and O–H groups in total. The number of benzene rings is 1. The van der Waals surface area contributed by atoms with Crippen LogP contribution >= 0.6 is 38.9 Å². The van der Waals surface area contributed by atoms with Gasteiger partial charge in [0.1, 0.15) is 18.2 Å². The third-order valence-corrected chi connectivity index (χ3v) is 5.53. The van der Waals surface area contributed by atoms with Crippen molar-refractivity contribution in [3.8, 4) is 0 Å². The average molecular weight is 412 g/mol. The van der Waals surface area contributed by atoms with Gasteiger partial charge in [0.2, 0.25) is 5.95 Å². The first-order chi connectivity index (χ1) is 11.1. The molecule has 23 heavy (non-hydrogen) atoms. The van der Waals surface area contributed by atoms with Gasteiger partial charge in [0.15, 0.2) is 0 Å². The zero-order valence-electron chi connectivity index (χ0n) is 11.5. The fraction of sp³-hybridized carbons (Fsp3) is 0.0667. The van der Waals surface area contributed by atoms with Crippen LogP contribution in [0.15, 0.2) is 46.5 Å². The lowest BCUT2D eigenvalue weighted by molar-refractivity contribution is 0.552. The van der Waals surface area contributed by atoms with Crippen molar-refractivity contribution in [2.75, 3.05) is 5.32 Å². The van der Waals surface area contributed by atoms with Crippen LogP contribution in [0, 0.1) is 5.82 Å². The Balaban J connectivity index is 1.89. The lowest BCUT2D eigenvalue weighted by atomic mass is 10.0. The topological polar surface area (TPSA) is 42.7 Å². The van der Waals surface area contributed by atoms with E-state index in [4.69, 9.17) is 11.6 Å². The Morgan fingerprint density at radius 2 is 2.17 bits per heavy atom. The number of fused-ring (bicyclic) bond motifs is 1. The summed E-state index contributed by atoms with van der Waals surface area (Å²) in [6.45, 7) is 0. The number of thiophene rings is 1. The molecular weight excluding hydrogens is 403 g/mol. The SMILES string of the molecule is Fc1cccc(Cl)c1[C@@H]1C=C(c2ccc(Br)s2)Nc2ncnn21. The van der Waals surface area contributed by atoms with Gasteiger partial charge in [-0.05, 0) is 46.3 Å². The second-order valence-corrected chi connectivity index (χ2v) is 7.79. The molecule has 8 heteroatoms. The number of anilines is 1. The van der Waals surface area contributed by atoms with E-state index in [2.05, 4.69) is 31.3 Å². The third kappa shape index (κ3) is 2.58. The Hall–Kier alpha value is -1.70. The van der Waals surface area contributed by atoms with Crippen LogP contribution in [0.4, 0.5) is 10.3 Å². The van der Waals surface area contributed by atoms with Crippen LogP contribution in [0.1, 0.15) is 16.5 Å². The van der Waals surface area contributed by atoms with E-state index in [-0.39, 0.29) is 5.82 Å². The van der Waals surface area contributed by atoms with Gasteiger partial charge in [-0.25, -0.2) is 9.07 Å². The molecular formula is C15H9BrClFN4S. The molecule has 116 valence electrons. The molecule has 3 heterocycles. The van der Waals surface area contributed by atoms with Gasteiger partial charge in [-0.3, -0.25) is 0 Å². The number of halogens is 3. The summed E-state index contributed by atoms with van der Waals surface area (Å²) in [6, 6.07) is 8.15. The predicted molar refractivity (Wildman–Crippen MR) is 93.2 cm³/mol. The van der Waals surface area contributed by atoms with Crippen LogP contribution in [0.3, 0.4) is 0 Å². The third-order valence-electron chi connectivity index (χ3n) is 3.54. The zero-order chi connectivity index (χ0) is 16.0. The Labute approximate surface area is 148 Å². The van der Waals surface area contributed by atoms with E-state index < -0.39 is 6.04 Å². The van der Waals surface area contributed by atoms with E-state index in [1.165, 1.54) is 12.4 Å². The summed E-state index contributed by atoms with van der Waals surface area (Å²) in [4.78, 5) is 5.22. The molecule has 1 aliphatic heterocycles. The van der Waals surface area contributed by atoms with Crippen LogP contribution in [-0.4, -0.2) is 14.8 Å².